The highest BCUT2D eigenvalue weighted by atomic mass is 35.5. The number of anilines is 1. The molecule has 0 saturated carbocycles. The van der Waals surface area contributed by atoms with Gasteiger partial charge in [0.05, 0.1) is 0 Å². The summed E-state index contributed by atoms with van der Waals surface area (Å²) in [5, 5.41) is 4.31. The Morgan fingerprint density at radius 2 is 2.00 bits per heavy atom. The van der Waals surface area contributed by atoms with Crippen molar-refractivity contribution in [2.75, 3.05) is 30.5 Å². The summed E-state index contributed by atoms with van der Waals surface area (Å²) in [6.45, 7) is 8.59. The van der Waals surface area contributed by atoms with E-state index in [1.54, 1.807) is 0 Å². The molecule has 0 fully saturated rings. The first-order chi connectivity index (χ1) is 9.45. The van der Waals surface area contributed by atoms with E-state index < -0.39 is 0 Å². The Kier molecular flexibility index (Phi) is 7.78. The van der Waals surface area contributed by atoms with Gasteiger partial charge in [-0.2, -0.15) is 11.8 Å². The van der Waals surface area contributed by atoms with Crippen LogP contribution in [0.4, 0.5) is 5.69 Å². The molecule has 1 atom stereocenters. The molecule has 1 N–H and O–H groups in total. The number of hydrogen-bond acceptors (Lipinski definition) is 3. The van der Waals surface area contributed by atoms with Crippen molar-refractivity contribution >= 4 is 29.1 Å². The van der Waals surface area contributed by atoms with E-state index in [9.17, 15) is 0 Å². The van der Waals surface area contributed by atoms with Gasteiger partial charge in [0.1, 0.15) is 0 Å². The normalized spacial score (nSPS) is 12.8. The molecule has 0 aliphatic carbocycles. The lowest BCUT2D eigenvalue weighted by atomic mass is 10.1. The molecule has 20 heavy (non-hydrogen) atoms. The monoisotopic (exact) mass is 314 g/mol. The fourth-order valence-corrected chi connectivity index (χ4v) is 3.03. The highest BCUT2D eigenvalue weighted by molar-refractivity contribution is 7.98. The van der Waals surface area contributed by atoms with Crippen LogP contribution in [0.5, 0.6) is 0 Å². The molecule has 0 amide bonds. The molecule has 0 aliphatic rings. The van der Waals surface area contributed by atoms with Crippen LogP contribution in [0.2, 0.25) is 5.02 Å². The summed E-state index contributed by atoms with van der Waals surface area (Å²) in [5.41, 5.74) is 2.54. The van der Waals surface area contributed by atoms with Gasteiger partial charge in [-0.25, -0.2) is 0 Å². The lowest BCUT2D eigenvalue weighted by Crippen LogP contribution is -2.32. The molecule has 0 bridgehead atoms. The first-order valence-corrected chi connectivity index (χ1v) is 8.93. The molecule has 4 heteroatoms. The lowest BCUT2D eigenvalue weighted by molar-refractivity contribution is 0.552. The van der Waals surface area contributed by atoms with E-state index in [2.05, 4.69) is 56.4 Å². The van der Waals surface area contributed by atoms with E-state index in [1.807, 2.05) is 17.8 Å². The van der Waals surface area contributed by atoms with Crippen LogP contribution < -0.4 is 10.2 Å². The highest BCUT2D eigenvalue weighted by Crippen LogP contribution is 2.25. The zero-order valence-electron chi connectivity index (χ0n) is 13.2. The summed E-state index contributed by atoms with van der Waals surface area (Å²) in [6.07, 6.45) is 2.15. The van der Waals surface area contributed by atoms with Gasteiger partial charge in [-0.1, -0.05) is 25.4 Å². The van der Waals surface area contributed by atoms with Gasteiger partial charge in [0.25, 0.3) is 0 Å². The van der Waals surface area contributed by atoms with Crippen LogP contribution in [0.15, 0.2) is 18.2 Å². The first-order valence-electron chi connectivity index (χ1n) is 7.16. The smallest absolute Gasteiger partial charge is 0.0412 e. The molecule has 114 valence electrons. The van der Waals surface area contributed by atoms with Crippen LogP contribution in [0, 0.1) is 5.92 Å². The van der Waals surface area contributed by atoms with Gasteiger partial charge in [0.2, 0.25) is 0 Å². The number of benzene rings is 1. The number of nitrogens with zero attached hydrogens (tertiary/aromatic N) is 1. The van der Waals surface area contributed by atoms with E-state index in [1.165, 1.54) is 11.3 Å². The minimum absolute atomic E-state index is 0.509. The molecule has 1 aromatic rings. The molecule has 1 rings (SSSR count). The number of halogens is 1. The molecule has 0 aromatic heterocycles. The van der Waals surface area contributed by atoms with Crippen molar-refractivity contribution in [1.82, 2.24) is 5.32 Å². The molecule has 0 heterocycles. The summed E-state index contributed by atoms with van der Waals surface area (Å²) in [6, 6.07) is 6.69. The quantitative estimate of drug-likeness (QED) is 0.771. The van der Waals surface area contributed by atoms with Gasteiger partial charge in [-0.15, -0.1) is 0 Å². The van der Waals surface area contributed by atoms with Crippen molar-refractivity contribution in [1.29, 1.82) is 0 Å². The van der Waals surface area contributed by atoms with Crippen molar-refractivity contribution in [2.45, 2.75) is 33.4 Å². The van der Waals surface area contributed by atoms with Crippen LogP contribution in [-0.4, -0.2) is 31.6 Å². The molecule has 2 nitrogen and oxygen atoms in total. The van der Waals surface area contributed by atoms with Crippen LogP contribution in [-0.2, 0) is 6.54 Å². The second kappa shape index (κ2) is 8.81. The first kappa shape index (κ1) is 17.7. The topological polar surface area (TPSA) is 15.3 Å². The molecule has 0 radical (unpaired) electrons. The predicted molar refractivity (Wildman–Crippen MR) is 94.2 cm³/mol. The van der Waals surface area contributed by atoms with Gasteiger partial charge >= 0.3 is 0 Å². The molecular formula is C16H27ClN2S. The van der Waals surface area contributed by atoms with Crippen molar-refractivity contribution < 1.29 is 0 Å². The fraction of sp³-hybridized carbons (Fsp3) is 0.625. The maximum absolute atomic E-state index is 6.15. The Labute approximate surface area is 133 Å². The van der Waals surface area contributed by atoms with Gasteiger partial charge in [-0.3, -0.25) is 0 Å². The Morgan fingerprint density at radius 1 is 1.30 bits per heavy atom. The molecular weight excluding hydrogens is 288 g/mol. The number of rotatable bonds is 8. The average molecular weight is 315 g/mol. The predicted octanol–water partition coefficient (Wildman–Crippen LogP) is 4.27. The average Bonchev–Trinajstić information content (AvgIpc) is 2.38. The third-order valence-electron chi connectivity index (χ3n) is 3.36. The van der Waals surface area contributed by atoms with Gasteiger partial charge in [-0.05, 0) is 49.4 Å². The third-order valence-corrected chi connectivity index (χ3v) is 4.41. The van der Waals surface area contributed by atoms with Crippen molar-refractivity contribution in [2.24, 2.45) is 5.92 Å². The van der Waals surface area contributed by atoms with E-state index in [0.29, 0.717) is 12.0 Å². The second-order valence-electron chi connectivity index (χ2n) is 5.71. The highest BCUT2D eigenvalue weighted by Gasteiger charge is 2.13. The van der Waals surface area contributed by atoms with Crippen molar-refractivity contribution in [3.63, 3.8) is 0 Å². The standard InChI is InChI=1S/C16H27ClN2S/c1-12(2)9-18-10-14-8-15(17)6-7-16(14)19(4)13(3)11-20-5/h6-8,12-13,18H,9-11H2,1-5H3. The Morgan fingerprint density at radius 3 is 2.60 bits per heavy atom. The Bertz CT molecular complexity index is 409. The van der Waals surface area contributed by atoms with Crippen LogP contribution in [0.3, 0.4) is 0 Å². The van der Waals surface area contributed by atoms with Crippen LogP contribution in [0.1, 0.15) is 26.3 Å². The Hall–Kier alpha value is -0.380. The van der Waals surface area contributed by atoms with Gasteiger partial charge in [0, 0.05) is 36.1 Å². The Balaban J connectivity index is 2.83. The van der Waals surface area contributed by atoms with E-state index >= 15 is 0 Å². The minimum Gasteiger partial charge on any atom is -0.371 e. The number of thioether (sulfide) groups is 1. The zero-order chi connectivity index (χ0) is 15.1. The zero-order valence-corrected chi connectivity index (χ0v) is 14.8. The summed E-state index contributed by atoms with van der Waals surface area (Å²) in [7, 11) is 2.16. The third kappa shape index (κ3) is 5.55. The van der Waals surface area contributed by atoms with Crippen LogP contribution >= 0.6 is 23.4 Å². The number of nitrogens with one attached hydrogen (secondary N) is 1. The molecule has 1 aromatic carbocycles. The largest absolute Gasteiger partial charge is 0.371 e. The SMILES string of the molecule is CSCC(C)N(C)c1ccc(Cl)cc1CNCC(C)C. The van der Waals surface area contributed by atoms with Crippen molar-refractivity contribution in [3.05, 3.63) is 28.8 Å². The molecule has 0 saturated heterocycles. The maximum Gasteiger partial charge on any atom is 0.0412 e. The maximum atomic E-state index is 6.15. The molecule has 0 spiro atoms. The lowest BCUT2D eigenvalue weighted by Gasteiger charge is -2.29. The minimum atomic E-state index is 0.509. The summed E-state index contributed by atoms with van der Waals surface area (Å²) in [5.74, 6) is 1.78. The van der Waals surface area contributed by atoms with E-state index in [0.717, 1.165) is 23.9 Å². The molecule has 1 unspecified atom stereocenters. The fourth-order valence-electron chi connectivity index (χ4n) is 2.13. The summed E-state index contributed by atoms with van der Waals surface area (Å²) < 4.78 is 0. The van der Waals surface area contributed by atoms with Gasteiger partial charge in [0.15, 0.2) is 0 Å². The van der Waals surface area contributed by atoms with Crippen molar-refractivity contribution in [3.8, 4) is 0 Å². The summed E-state index contributed by atoms with van der Waals surface area (Å²) in [4.78, 5) is 2.35. The van der Waals surface area contributed by atoms with Gasteiger partial charge < -0.3 is 10.2 Å². The number of hydrogen-bond donors (Lipinski definition) is 1. The molecule has 0 aliphatic heterocycles. The summed E-state index contributed by atoms with van der Waals surface area (Å²) >= 11 is 8.03. The van der Waals surface area contributed by atoms with Crippen LogP contribution in [0.25, 0.3) is 0 Å². The van der Waals surface area contributed by atoms with E-state index in [-0.39, 0.29) is 0 Å². The van der Waals surface area contributed by atoms with E-state index in [4.69, 9.17) is 11.6 Å². The second-order valence-corrected chi connectivity index (χ2v) is 7.06.